The van der Waals surface area contributed by atoms with Crippen LogP contribution in [0, 0.1) is 11.3 Å². The molecule has 0 unspecified atom stereocenters. The van der Waals surface area contributed by atoms with Crippen molar-refractivity contribution in [2.75, 3.05) is 0 Å². The highest BCUT2D eigenvalue weighted by Gasteiger charge is 2.17. The molecule has 0 saturated heterocycles. The van der Waals surface area contributed by atoms with Crippen LogP contribution in [0.15, 0.2) is 0 Å². The molecule has 0 aromatic heterocycles. The number of nitrogens with zero attached hydrogens (tertiary/aromatic N) is 1. The number of thiol groups is 1. The maximum atomic E-state index is 9.84. The first-order valence-corrected chi connectivity index (χ1v) is 3.32. The van der Waals surface area contributed by atoms with Gasteiger partial charge in [-0.1, -0.05) is 0 Å². The standard InChI is InChI=1S/C4H7NO3S/c1-4(2,3-5)8-9(6)7/h9H,1-2H3. The molecule has 0 aromatic rings. The van der Waals surface area contributed by atoms with Crippen LogP contribution in [0.5, 0.6) is 0 Å². The van der Waals surface area contributed by atoms with E-state index in [1.807, 2.05) is 0 Å². The summed E-state index contributed by atoms with van der Waals surface area (Å²) < 4.78 is 23.9. The Hall–Kier alpha value is -0.600. The van der Waals surface area contributed by atoms with Crippen LogP contribution in [-0.2, 0) is 15.2 Å². The van der Waals surface area contributed by atoms with Crippen molar-refractivity contribution >= 4 is 11.0 Å². The zero-order chi connectivity index (χ0) is 7.49. The minimum Gasteiger partial charge on any atom is -0.251 e. The Bertz CT molecular complexity index is 192. The van der Waals surface area contributed by atoms with Gasteiger partial charge in [0.05, 0.1) is 6.07 Å². The van der Waals surface area contributed by atoms with Gasteiger partial charge in [-0.25, -0.2) is 8.42 Å². The van der Waals surface area contributed by atoms with E-state index in [4.69, 9.17) is 5.26 Å². The summed E-state index contributed by atoms with van der Waals surface area (Å²) in [5.41, 5.74) is -1.23. The van der Waals surface area contributed by atoms with Gasteiger partial charge in [0.1, 0.15) is 0 Å². The molecule has 0 aromatic carbocycles. The highest BCUT2D eigenvalue weighted by Crippen LogP contribution is 2.05. The monoisotopic (exact) mass is 149 g/mol. The lowest BCUT2D eigenvalue weighted by Gasteiger charge is -2.08. The van der Waals surface area contributed by atoms with Crippen LogP contribution in [0.25, 0.3) is 0 Å². The number of hydrogen-bond acceptors (Lipinski definition) is 4. The molecule has 0 N–H and O–H groups in total. The molecule has 0 atom stereocenters. The molecule has 0 spiro atoms. The van der Waals surface area contributed by atoms with E-state index < -0.39 is 16.6 Å². The summed E-state index contributed by atoms with van der Waals surface area (Å²) >= 11 is 0. The molecule has 0 bridgehead atoms. The summed E-state index contributed by atoms with van der Waals surface area (Å²) in [7, 11) is -2.92. The van der Waals surface area contributed by atoms with E-state index >= 15 is 0 Å². The topological polar surface area (TPSA) is 67.2 Å². The molecular formula is C4H7NO3S. The normalized spacial score (nSPS) is 11.3. The number of nitriles is 1. The van der Waals surface area contributed by atoms with Crippen LogP contribution in [-0.4, -0.2) is 14.0 Å². The van der Waals surface area contributed by atoms with Crippen molar-refractivity contribution < 1.29 is 12.6 Å². The lowest BCUT2D eigenvalue weighted by Crippen LogP contribution is -2.20. The van der Waals surface area contributed by atoms with Crippen molar-refractivity contribution in [1.82, 2.24) is 0 Å². The van der Waals surface area contributed by atoms with Gasteiger partial charge in [0.25, 0.3) is 11.0 Å². The first-order chi connectivity index (χ1) is 3.98. The molecule has 0 aliphatic rings. The largest absolute Gasteiger partial charge is 0.258 e. The zero-order valence-corrected chi connectivity index (χ0v) is 6.01. The summed E-state index contributed by atoms with van der Waals surface area (Å²) in [5, 5.41) is 8.20. The van der Waals surface area contributed by atoms with E-state index in [1.165, 1.54) is 13.8 Å². The van der Waals surface area contributed by atoms with Gasteiger partial charge >= 0.3 is 0 Å². The third-order valence-corrected chi connectivity index (χ3v) is 1.18. The smallest absolute Gasteiger partial charge is 0.251 e. The van der Waals surface area contributed by atoms with E-state index in [1.54, 1.807) is 6.07 Å². The van der Waals surface area contributed by atoms with Crippen LogP contribution < -0.4 is 0 Å². The van der Waals surface area contributed by atoms with Crippen molar-refractivity contribution in [3.63, 3.8) is 0 Å². The first kappa shape index (κ1) is 8.40. The predicted octanol–water partition coefficient (Wildman–Crippen LogP) is -0.168. The minimum absolute atomic E-state index is 1.23. The van der Waals surface area contributed by atoms with Gasteiger partial charge in [-0.15, -0.1) is 0 Å². The highest BCUT2D eigenvalue weighted by atomic mass is 32.2. The molecule has 9 heavy (non-hydrogen) atoms. The Balaban J connectivity index is 4.07. The van der Waals surface area contributed by atoms with E-state index in [9.17, 15) is 8.42 Å². The van der Waals surface area contributed by atoms with Crippen LogP contribution in [0.3, 0.4) is 0 Å². The maximum absolute atomic E-state index is 9.84. The quantitative estimate of drug-likeness (QED) is 0.553. The van der Waals surface area contributed by atoms with Crippen LogP contribution >= 0.6 is 0 Å². The highest BCUT2D eigenvalue weighted by molar-refractivity contribution is 7.67. The number of hydrogen-bond donors (Lipinski definition) is 1. The summed E-state index contributed by atoms with van der Waals surface area (Å²) in [6.07, 6.45) is 0. The van der Waals surface area contributed by atoms with Crippen molar-refractivity contribution in [1.29, 1.82) is 5.26 Å². The Labute approximate surface area is 55.2 Å². The molecule has 0 aliphatic carbocycles. The maximum Gasteiger partial charge on any atom is 0.258 e. The minimum atomic E-state index is -2.92. The second-order valence-electron chi connectivity index (χ2n) is 1.94. The van der Waals surface area contributed by atoms with Gasteiger partial charge in [0.2, 0.25) is 0 Å². The first-order valence-electron chi connectivity index (χ1n) is 2.23. The molecule has 0 aliphatic heterocycles. The third-order valence-electron chi connectivity index (χ3n) is 0.572. The molecule has 4 nitrogen and oxygen atoms in total. The summed E-state index contributed by atoms with van der Waals surface area (Å²) in [6.45, 7) is 2.75. The second kappa shape index (κ2) is 2.80. The Morgan fingerprint density at radius 2 is 2.00 bits per heavy atom. The molecule has 52 valence electrons. The lowest BCUT2D eigenvalue weighted by molar-refractivity contribution is 0.188. The molecule has 0 radical (unpaired) electrons. The Morgan fingerprint density at radius 3 is 2.11 bits per heavy atom. The van der Waals surface area contributed by atoms with Crippen molar-refractivity contribution in [3.05, 3.63) is 0 Å². The summed E-state index contributed by atoms with van der Waals surface area (Å²) in [6, 6.07) is 1.67. The van der Waals surface area contributed by atoms with Crippen molar-refractivity contribution in [3.8, 4) is 6.07 Å². The zero-order valence-electron chi connectivity index (χ0n) is 5.12. The molecule has 0 rings (SSSR count). The lowest BCUT2D eigenvalue weighted by atomic mass is 10.2. The van der Waals surface area contributed by atoms with Crippen LogP contribution in [0.4, 0.5) is 0 Å². The van der Waals surface area contributed by atoms with Crippen molar-refractivity contribution in [2.45, 2.75) is 19.4 Å². The molecular weight excluding hydrogens is 142 g/mol. The van der Waals surface area contributed by atoms with E-state index in [0.29, 0.717) is 0 Å². The average Bonchev–Trinajstić information content (AvgIpc) is 1.63. The second-order valence-corrected chi connectivity index (χ2v) is 2.57. The van der Waals surface area contributed by atoms with Gasteiger partial charge in [-0.2, -0.15) is 5.26 Å². The molecule has 5 heteroatoms. The predicted molar refractivity (Wildman–Crippen MR) is 31.1 cm³/mol. The van der Waals surface area contributed by atoms with E-state index in [2.05, 4.69) is 4.18 Å². The van der Waals surface area contributed by atoms with Gasteiger partial charge in [0, 0.05) is 0 Å². The molecule has 0 saturated carbocycles. The Morgan fingerprint density at radius 1 is 1.56 bits per heavy atom. The van der Waals surface area contributed by atoms with Gasteiger partial charge in [0.15, 0.2) is 5.60 Å². The third kappa shape index (κ3) is 3.94. The summed E-state index contributed by atoms with van der Waals surface area (Å²) in [5.74, 6) is 0. The van der Waals surface area contributed by atoms with Gasteiger partial charge < -0.3 is 0 Å². The molecule has 0 amide bonds. The average molecular weight is 149 g/mol. The van der Waals surface area contributed by atoms with Gasteiger partial charge in [-0.05, 0) is 13.8 Å². The SMILES string of the molecule is CC(C)(C#N)O[SH](=O)=O. The summed E-state index contributed by atoms with van der Waals surface area (Å²) in [4.78, 5) is 0. The molecule has 0 heterocycles. The van der Waals surface area contributed by atoms with E-state index in [-0.39, 0.29) is 0 Å². The van der Waals surface area contributed by atoms with Gasteiger partial charge in [-0.3, -0.25) is 4.18 Å². The Kier molecular flexibility index (Phi) is 2.62. The van der Waals surface area contributed by atoms with Crippen molar-refractivity contribution in [2.24, 2.45) is 0 Å². The van der Waals surface area contributed by atoms with E-state index in [0.717, 1.165) is 0 Å². The fourth-order valence-corrected chi connectivity index (χ4v) is 0.620. The fourth-order valence-electron chi connectivity index (χ4n) is 0.207. The number of rotatable bonds is 2. The molecule has 0 fully saturated rings. The fraction of sp³-hybridized carbons (Fsp3) is 0.750. The van der Waals surface area contributed by atoms with Crippen LogP contribution in [0.2, 0.25) is 0 Å². The van der Waals surface area contributed by atoms with Crippen LogP contribution in [0.1, 0.15) is 13.8 Å².